The van der Waals surface area contributed by atoms with Crippen molar-refractivity contribution in [3.05, 3.63) is 36.5 Å². The molecule has 2 rings (SSSR count). The third-order valence-corrected chi connectivity index (χ3v) is 3.39. The van der Waals surface area contributed by atoms with Crippen LogP contribution in [0.25, 0.3) is 10.9 Å². The van der Waals surface area contributed by atoms with Crippen LogP contribution in [-0.2, 0) is 11.3 Å². The first-order valence-corrected chi connectivity index (χ1v) is 7.00. The predicted octanol–water partition coefficient (Wildman–Crippen LogP) is 2.26. The highest BCUT2D eigenvalue weighted by atomic mass is 16.3. The van der Waals surface area contributed by atoms with E-state index in [1.54, 1.807) is 11.8 Å². The average Bonchev–Trinajstić information content (AvgIpc) is 2.79. The zero-order chi connectivity index (χ0) is 14.7. The number of aliphatic hydroxyl groups excluding tert-OH is 1. The molecule has 0 aliphatic heterocycles. The molecule has 0 bridgehead atoms. The summed E-state index contributed by atoms with van der Waals surface area (Å²) in [6.45, 7) is 6.31. The van der Waals surface area contributed by atoms with E-state index in [2.05, 4.69) is 0 Å². The largest absolute Gasteiger partial charge is 0.392 e. The quantitative estimate of drug-likeness (QED) is 0.909. The molecule has 1 N–H and O–H groups in total. The molecule has 1 aromatic heterocycles. The number of hydrogen-bond acceptors (Lipinski definition) is 2. The zero-order valence-electron chi connectivity index (χ0n) is 12.3. The fraction of sp³-hybridized carbons (Fsp3) is 0.438. The molecule has 0 fully saturated rings. The normalized spacial score (nSPS) is 12.8. The van der Waals surface area contributed by atoms with Crippen molar-refractivity contribution in [3.63, 3.8) is 0 Å². The molecule has 4 heteroatoms. The number of nitrogens with zero attached hydrogens (tertiary/aromatic N) is 2. The fourth-order valence-corrected chi connectivity index (χ4v) is 2.40. The maximum absolute atomic E-state index is 12.4. The topological polar surface area (TPSA) is 45.5 Å². The van der Waals surface area contributed by atoms with Gasteiger partial charge in [-0.2, -0.15) is 0 Å². The Morgan fingerprint density at radius 2 is 1.95 bits per heavy atom. The highest BCUT2D eigenvalue weighted by molar-refractivity contribution is 5.83. The second-order valence-electron chi connectivity index (χ2n) is 5.49. The summed E-state index contributed by atoms with van der Waals surface area (Å²) in [7, 11) is 0. The number of fused-ring (bicyclic) bond motifs is 1. The second kappa shape index (κ2) is 6.09. The number of carbonyl (C=O) groups excluding carboxylic acids is 1. The third-order valence-electron chi connectivity index (χ3n) is 3.39. The van der Waals surface area contributed by atoms with E-state index in [4.69, 9.17) is 0 Å². The Morgan fingerprint density at radius 3 is 2.60 bits per heavy atom. The Bertz CT molecular complexity index is 587. The van der Waals surface area contributed by atoms with Gasteiger partial charge in [0, 0.05) is 24.3 Å². The molecule has 0 aliphatic carbocycles. The first kappa shape index (κ1) is 14.6. The van der Waals surface area contributed by atoms with Gasteiger partial charge in [0.2, 0.25) is 5.91 Å². The number of amides is 1. The highest BCUT2D eigenvalue weighted by Gasteiger charge is 2.19. The number of hydrogen-bond donors (Lipinski definition) is 1. The van der Waals surface area contributed by atoms with Crippen LogP contribution in [0.2, 0.25) is 0 Å². The van der Waals surface area contributed by atoms with Gasteiger partial charge in [-0.05, 0) is 38.3 Å². The van der Waals surface area contributed by atoms with E-state index in [0.29, 0.717) is 13.1 Å². The van der Waals surface area contributed by atoms with E-state index in [1.807, 2.05) is 54.9 Å². The van der Waals surface area contributed by atoms with Crippen LogP contribution in [0, 0.1) is 0 Å². The lowest BCUT2D eigenvalue weighted by atomic mass is 10.2. The summed E-state index contributed by atoms with van der Waals surface area (Å²) in [5, 5.41) is 10.6. The Morgan fingerprint density at radius 1 is 1.25 bits per heavy atom. The van der Waals surface area contributed by atoms with Crippen molar-refractivity contribution in [2.45, 2.75) is 39.5 Å². The van der Waals surface area contributed by atoms with Crippen LogP contribution in [0.1, 0.15) is 20.8 Å². The molecule has 0 saturated carbocycles. The summed E-state index contributed by atoms with van der Waals surface area (Å²) in [5.41, 5.74) is 1.06. The first-order chi connectivity index (χ1) is 9.49. The lowest BCUT2D eigenvalue weighted by molar-refractivity contribution is -0.134. The molecular formula is C16H22N2O2. The standard InChI is InChI=1S/C16H22N2O2/c1-12(2)18(10-13(3)19)16(20)11-17-9-8-14-6-4-5-7-15(14)17/h4-9,12-13,19H,10-11H2,1-3H3. The van der Waals surface area contributed by atoms with Crippen LogP contribution in [0.3, 0.4) is 0 Å². The number of carbonyl (C=O) groups is 1. The number of aromatic nitrogens is 1. The van der Waals surface area contributed by atoms with Gasteiger partial charge in [0.25, 0.3) is 0 Å². The van der Waals surface area contributed by atoms with E-state index in [1.165, 1.54) is 0 Å². The third kappa shape index (κ3) is 3.20. The molecule has 0 spiro atoms. The molecule has 1 heterocycles. The minimum Gasteiger partial charge on any atom is -0.392 e. The van der Waals surface area contributed by atoms with Crippen LogP contribution in [0.15, 0.2) is 36.5 Å². The van der Waals surface area contributed by atoms with Gasteiger partial charge in [-0.1, -0.05) is 18.2 Å². The summed E-state index contributed by atoms with van der Waals surface area (Å²) in [6, 6.07) is 10.1. The number of para-hydroxylation sites is 1. The van der Waals surface area contributed by atoms with Crippen molar-refractivity contribution in [3.8, 4) is 0 Å². The summed E-state index contributed by atoms with van der Waals surface area (Å²) >= 11 is 0. The highest BCUT2D eigenvalue weighted by Crippen LogP contribution is 2.15. The Hall–Kier alpha value is -1.81. The van der Waals surface area contributed by atoms with Crippen molar-refractivity contribution in [1.82, 2.24) is 9.47 Å². The SMILES string of the molecule is CC(O)CN(C(=O)Cn1ccc2ccccc21)C(C)C. The number of aliphatic hydroxyl groups is 1. The molecule has 0 saturated heterocycles. The van der Waals surface area contributed by atoms with Crippen molar-refractivity contribution >= 4 is 16.8 Å². The molecule has 0 aliphatic rings. The summed E-state index contributed by atoms with van der Waals surface area (Å²) in [5.74, 6) is 0.0299. The molecule has 1 unspecified atom stereocenters. The molecule has 1 aromatic carbocycles. The van der Waals surface area contributed by atoms with Crippen molar-refractivity contribution < 1.29 is 9.90 Å². The molecule has 1 amide bonds. The lowest BCUT2D eigenvalue weighted by Crippen LogP contribution is -2.42. The number of rotatable bonds is 5. The summed E-state index contributed by atoms with van der Waals surface area (Å²) < 4.78 is 1.95. The van der Waals surface area contributed by atoms with Gasteiger partial charge in [-0.3, -0.25) is 4.79 Å². The minimum atomic E-state index is -0.511. The van der Waals surface area contributed by atoms with Gasteiger partial charge in [-0.15, -0.1) is 0 Å². The van der Waals surface area contributed by atoms with E-state index in [-0.39, 0.29) is 11.9 Å². The second-order valence-corrected chi connectivity index (χ2v) is 5.49. The van der Waals surface area contributed by atoms with Gasteiger partial charge >= 0.3 is 0 Å². The van der Waals surface area contributed by atoms with Crippen molar-refractivity contribution in [1.29, 1.82) is 0 Å². The van der Waals surface area contributed by atoms with E-state index in [0.717, 1.165) is 10.9 Å². The van der Waals surface area contributed by atoms with Gasteiger partial charge in [0.1, 0.15) is 6.54 Å². The number of benzene rings is 1. The smallest absolute Gasteiger partial charge is 0.242 e. The Labute approximate surface area is 119 Å². The molecular weight excluding hydrogens is 252 g/mol. The maximum atomic E-state index is 12.4. The van der Waals surface area contributed by atoms with Gasteiger partial charge in [-0.25, -0.2) is 0 Å². The van der Waals surface area contributed by atoms with Crippen LogP contribution >= 0.6 is 0 Å². The van der Waals surface area contributed by atoms with Crippen LogP contribution in [0.4, 0.5) is 0 Å². The Balaban J connectivity index is 2.17. The molecule has 20 heavy (non-hydrogen) atoms. The lowest BCUT2D eigenvalue weighted by Gasteiger charge is -2.28. The molecule has 2 aromatic rings. The molecule has 108 valence electrons. The van der Waals surface area contributed by atoms with E-state index in [9.17, 15) is 9.90 Å². The van der Waals surface area contributed by atoms with Gasteiger partial charge in [0.15, 0.2) is 0 Å². The van der Waals surface area contributed by atoms with Crippen molar-refractivity contribution in [2.75, 3.05) is 6.54 Å². The maximum Gasteiger partial charge on any atom is 0.242 e. The van der Waals surface area contributed by atoms with Crippen LogP contribution in [-0.4, -0.2) is 39.2 Å². The van der Waals surface area contributed by atoms with Crippen molar-refractivity contribution in [2.24, 2.45) is 0 Å². The Kier molecular flexibility index (Phi) is 4.45. The van der Waals surface area contributed by atoms with Crippen LogP contribution < -0.4 is 0 Å². The van der Waals surface area contributed by atoms with E-state index >= 15 is 0 Å². The first-order valence-electron chi connectivity index (χ1n) is 7.00. The summed E-state index contributed by atoms with van der Waals surface area (Å²) in [6.07, 6.45) is 1.42. The fourth-order valence-electron chi connectivity index (χ4n) is 2.40. The predicted molar refractivity (Wildman–Crippen MR) is 80.5 cm³/mol. The summed E-state index contributed by atoms with van der Waals surface area (Å²) in [4.78, 5) is 14.1. The van der Waals surface area contributed by atoms with Crippen LogP contribution in [0.5, 0.6) is 0 Å². The molecule has 4 nitrogen and oxygen atoms in total. The molecule has 0 radical (unpaired) electrons. The van der Waals surface area contributed by atoms with Gasteiger partial charge in [0.05, 0.1) is 6.10 Å². The van der Waals surface area contributed by atoms with Gasteiger partial charge < -0.3 is 14.6 Å². The minimum absolute atomic E-state index is 0.0299. The monoisotopic (exact) mass is 274 g/mol. The zero-order valence-corrected chi connectivity index (χ0v) is 12.3. The molecule has 1 atom stereocenters. The average molecular weight is 274 g/mol. The van der Waals surface area contributed by atoms with E-state index < -0.39 is 6.10 Å².